The second-order valence-electron chi connectivity index (χ2n) is 8.22. The van der Waals surface area contributed by atoms with E-state index in [9.17, 15) is 9.59 Å². The molecule has 1 saturated heterocycles. The van der Waals surface area contributed by atoms with Crippen molar-refractivity contribution in [2.45, 2.75) is 25.8 Å². The molecule has 3 amide bonds. The van der Waals surface area contributed by atoms with E-state index in [1.54, 1.807) is 42.3 Å². The van der Waals surface area contributed by atoms with Crippen molar-refractivity contribution in [1.29, 1.82) is 0 Å². The molecule has 0 spiro atoms. The van der Waals surface area contributed by atoms with Gasteiger partial charge in [-0.1, -0.05) is 6.92 Å². The molecule has 4 rings (SSSR count). The first-order valence-corrected chi connectivity index (χ1v) is 11.3. The topological polar surface area (TPSA) is 83.9 Å². The first-order chi connectivity index (χ1) is 16.5. The van der Waals surface area contributed by atoms with Gasteiger partial charge in [0.1, 0.15) is 6.61 Å². The van der Waals surface area contributed by atoms with E-state index in [4.69, 9.17) is 14.2 Å². The summed E-state index contributed by atoms with van der Waals surface area (Å²) >= 11 is 0. The average Bonchev–Trinajstić information content (AvgIpc) is 3.06. The van der Waals surface area contributed by atoms with E-state index in [1.165, 1.54) is 0 Å². The summed E-state index contributed by atoms with van der Waals surface area (Å²) in [5, 5.41) is 6.09. The summed E-state index contributed by atoms with van der Waals surface area (Å²) in [7, 11) is 4.93. The maximum atomic E-state index is 13.5. The lowest BCUT2D eigenvalue weighted by Gasteiger charge is -2.30. The number of nitrogens with zero attached hydrogens (tertiary/aromatic N) is 4. The smallest absolute Gasteiger partial charge is 0.344 e. The van der Waals surface area contributed by atoms with Crippen LogP contribution in [0.25, 0.3) is 0 Å². The van der Waals surface area contributed by atoms with Crippen molar-refractivity contribution in [1.82, 2.24) is 5.01 Å². The number of hydrazone groups is 1. The van der Waals surface area contributed by atoms with Crippen LogP contribution in [0.15, 0.2) is 41.5 Å². The van der Waals surface area contributed by atoms with E-state index in [0.29, 0.717) is 36.8 Å². The second-order valence-corrected chi connectivity index (χ2v) is 8.22. The van der Waals surface area contributed by atoms with Gasteiger partial charge in [0.15, 0.2) is 11.5 Å². The molecule has 0 radical (unpaired) electrons. The number of carbonyl (C=O) groups is 2. The number of ether oxygens (including phenoxy) is 3. The molecule has 2 aliphatic rings. The largest absolute Gasteiger partial charge is 0.493 e. The van der Waals surface area contributed by atoms with E-state index in [1.807, 2.05) is 43.3 Å². The first kappa shape index (κ1) is 23.6. The number of hydrogen-bond donors (Lipinski definition) is 0. The number of anilines is 2. The number of methoxy groups -OCH3 is 2. The van der Waals surface area contributed by atoms with Gasteiger partial charge in [-0.15, -0.1) is 0 Å². The number of morpholine rings is 1. The molecule has 2 aromatic rings. The molecule has 1 unspecified atom stereocenters. The summed E-state index contributed by atoms with van der Waals surface area (Å²) in [5.74, 6) is 1.21. The third-order valence-electron chi connectivity index (χ3n) is 6.26. The number of hydrogen-bond acceptors (Lipinski definition) is 6. The number of urea groups is 1. The van der Waals surface area contributed by atoms with Crippen molar-refractivity contribution in [3.63, 3.8) is 0 Å². The normalized spacial score (nSPS) is 17.8. The minimum absolute atomic E-state index is 0.0686. The van der Waals surface area contributed by atoms with Crippen LogP contribution in [-0.4, -0.2) is 70.2 Å². The Balaban J connectivity index is 1.54. The molecule has 0 saturated carbocycles. The number of amides is 3. The van der Waals surface area contributed by atoms with E-state index in [2.05, 4.69) is 5.10 Å². The van der Waals surface area contributed by atoms with Gasteiger partial charge in [0, 0.05) is 30.5 Å². The summed E-state index contributed by atoms with van der Waals surface area (Å²) < 4.78 is 16.1. The minimum atomic E-state index is -0.231. The Labute approximate surface area is 199 Å². The maximum absolute atomic E-state index is 13.5. The molecular formula is C25H30N4O5. The lowest BCUT2D eigenvalue weighted by Crippen LogP contribution is -2.44. The van der Waals surface area contributed by atoms with Crippen LogP contribution in [0.1, 0.15) is 24.5 Å². The molecule has 2 aromatic carbocycles. The van der Waals surface area contributed by atoms with Crippen molar-refractivity contribution >= 4 is 29.5 Å². The molecule has 0 aromatic heterocycles. The summed E-state index contributed by atoms with van der Waals surface area (Å²) in [6.07, 6.45) is 3.08. The Morgan fingerprint density at radius 2 is 1.88 bits per heavy atom. The van der Waals surface area contributed by atoms with Gasteiger partial charge >= 0.3 is 6.03 Å². The first-order valence-electron chi connectivity index (χ1n) is 11.3. The van der Waals surface area contributed by atoms with Crippen LogP contribution in [0.2, 0.25) is 0 Å². The predicted octanol–water partition coefficient (Wildman–Crippen LogP) is 3.29. The number of benzene rings is 2. The van der Waals surface area contributed by atoms with Gasteiger partial charge in [-0.3, -0.25) is 9.69 Å². The molecular weight excluding hydrogens is 436 g/mol. The van der Waals surface area contributed by atoms with Gasteiger partial charge in [-0.05, 0) is 54.8 Å². The molecule has 0 aliphatic carbocycles. The van der Waals surface area contributed by atoms with Gasteiger partial charge in [0.25, 0.3) is 5.91 Å². The van der Waals surface area contributed by atoms with Gasteiger partial charge in [0.05, 0.1) is 33.1 Å². The molecule has 34 heavy (non-hydrogen) atoms. The summed E-state index contributed by atoms with van der Waals surface area (Å²) in [6.45, 7) is 3.16. The molecule has 2 aliphatic heterocycles. The molecule has 9 heteroatoms. The van der Waals surface area contributed by atoms with Crippen molar-refractivity contribution in [2.75, 3.05) is 50.8 Å². The van der Waals surface area contributed by atoms with E-state index in [-0.39, 0.29) is 24.6 Å². The lowest BCUT2D eigenvalue weighted by atomic mass is 9.99. The molecule has 1 fully saturated rings. The van der Waals surface area contributed by atoms with E-state index >= 15 is 0 Å². The second kappa shape index (κ2) is 10.1. The van der Waals surface area contributed by atoms with Crippen LogP contribution < -0.4 is 19.3 Å². The fourth-order valence-electron chi connectivity index (χ4n) is 4.23. The lowest BCUT2D eigenvalue weighted by molar-refractivity contribution is -0.125. The van der Waals surface area contributed by atoms with E-state index in [0.717, 1.165) is 23.2 Å². The molecule has 1 atom stereocenters. The van der Waals surface area contributed by atoms with Crippen LogP contribution in [0.4, 0.5) is 16.2 Å². The zero-order valence-electron chi connectivity index (χ0n) is 20.0. The van der Waals surface area contributed by atoms with Crippen LogP contribution in [0, 0.1) is 0 Å². The highest BCUT2D eigenvalue weighted by molar-refractivity contribution is 5.96. The van der Waals surface area contributed by atoms with Crippen molar-refractivity contribution in [2.24, 2.45) is 5.10 Å². The van der Waals surface area contributed by atoms with Crippen molar-refractivity contribution in [3.05, 3.63) is 47.5 Å². The van der Waals surface area contributed by atoms with Crippen LogP contribution >= 0.6 is 0 Å². The highest BCUT2D eigenvalue weighted by atomic mass is 16.5. The maximum Gasteiger partial charge on any atom is 0.344 e. The highest BCUT2D eigenvalue weighted by Gasteiger charge is 2.29. The Bertz CT molecular complexity index is 1090. The molecule has 180 valence electrons. The number of rotatable bonds is 5. The Kier molecular flexibility index (Phi) is 7.02. The SMILES string of the molecule is CCC1Cc2cc(OC)c(OC)cc2C=NN1C(=O)N(C)c1ccc(N2CCOCC2=O)cc1. The standard InChI is InChI=1S/C25H30N4O5/c1-5-19-12-17-13-22(32-3)23(33-4)14-18(17)15-26-29(19)25(31)27(2)20-6-8-21(9-7-20)28-10-11-34-16-24(28)30/h6-9,13-15,19H,5,10-12,16H2,1-4H3. The molecule has 2 heterocycles. The van der Waals surface area contributed by atoms with Crippen LogP contribution in [0.3, 0.4) is 0 Å². The fourth-order valence-corrected chi connectivity index (χ4v) is 4.23. The van der Waals surface area contributed by atoms with Gasteiger partial charge in [-0.2, -0.15) is 5.10 Å². The quantitative estimate of drug-likeness (QED) is 0.675. The van der Waals surface area contributed by atoms with Crippen LogP contribution in [0.5, 0.6) is 11.5 Å². The summed E-state index contributed by atoms with van der Waals surface area (Å²) in [4.78, 5) is 28.8. The molecule has 0 bridgehead atoms. The fraction of sp³-hybridized carbons (Fsp3) is 0.400. The molecule has 0 N–H and O–H groups in total. The third-order valence-corrected chi connectivity index (χ3v) is 6.26. The third kappa shape index (κ3) is 4.56. The van der Waals surface area contributed by atoms with E-state index < -0.39 is 0 Å². The number of fused-ring (bicyclic) bond motifs is 1. The summed E-state index contributed by atoms with van der Waals surface area (Å²) in [6, 6.07) is 10.9. The minimum Gasteiger partial charge on any atom is -0.493 e. The zero-order valence-corrected chi connectivity index (χ0v) is 20.0. The highest BCUT2D eigenvalue weighted by Crippen LogP contribution is 2.33. The Morgan fingerprint density at radius 3 is 2.53 bits per heavy atom. The zero-order chi connectivity index (χ0) is 24.2. The number of carbonyl (C=O) groups excluding carboxylic acids is 2. The Morgan fingerprint density at radius 1 is 1.18 bits per heavy atom. The molecule has 9 nitrogen and oxygen atoms in total. The van der Waals surface area contributed by atoms with Gasteiger partial charge in [-0.25, -0.2) is 9.80 Å². The van der Waals surface area contributed by atoms with Gasteiger partial charge in [0.2, 0.25) is 0 Å². The predicted molar refractivity (Wildman–Crippen MR) is 130 cm³/mol. The van der Waals surface area contributed by atoms with Gasteiger partial charge < -0.3 is 19.1 Å². The Hall–Kier alpha value is -3.59. The monoisotopic (exact) mass is 466 g/mol. The van der Waals surface area contributed by atoms with Crippen molar-refractivity contribution < 1.29 is 23.8 Å². The van der Waals surface area contributed by atoms with Crippen LogP contribution in [-0.2, 0) is 16.0 Å². The summed E-state index contributed by atoms with van der Waals surface area (Å²) in [5.41, 5.74) is 3.44. The average molecular weight is 467 g/mol. The van der Waals surface area contributed by atoms with Crippen molar-refractivity contribution in [3.8, 4) is 11.5 Å².